The van der Waals surface area contributed by atoms with Crippen LogP contribution in [0.1, 0.15) is 50.7 Å². The summed E-state index contributed by atoms with van der Waals surface area (Å²) in [5.41, 5.74) is 2.61. The third kappa shape index (κ3) is 3.57. The molecule has 3 nitrogen and oxygen atoms in total. The predicted octanol–water partition coefficient (Wildman–Crippen LogP) is 3.99. The van der Waals surface area contributed by atoms with Crippen molar-refractivity contribution >= 4 is 11.5 Å². The van der Waals surface area contributed by atoms with E-state index < -0.39 is 5.92 Å². The Labute approximate surface area is 133 Å². The third-order valence-corrected chi connectivity index (χ3v) is 4.27. The van der Waals surface area contributed by atoms with Crippen LogP contribution in [0.25, 0.3) is 5.57 Å². The van der Waals surface area contributed by atoms with Crippen LogP contribution in [0.4, 0.5) is 0 Å². The van der Waals surface area contributed by atoms with Crippen molar-refractivity contribution in [1.29, 1.82) is 5.26 Å². The summed E-state index contributed by atoms with van der Waals surface area (Å²) in [6, 6.07) is 10.2. The van der Waals surface area contributed by atoms with E-state index in [-0.39, 0.29) is 11.4 Å². The lowest BCUT2D eigenvalue weighted by Gasteiger charge is -2.35. The molecule has 1 aromatic carbocycles. The summed E-state index contributed by atoms with van der Waals surface area (Å²) in [6.45, 7) is 6.24. The van der Waals surface area contributed by atoms with Crippen LogP contribution in [-0.2, 0) is 4.79 Å². The van der Waals surface area contributed by atoms with E-state index in [2.05, 4.69) is 24.4 Å². The van der Waals surface area contributed by atoms with Crippen LogP contribution in [0, 0.1) is 24.2 Å². The molecule has 116 valence electrons. The molecule has 0 saturated carbocycles. The zero-order valence-corrected chi connectivity index (χ0v) is 13.6. The number of hydrogen-bond acceptors (Lipinski definition) is 2. The van der Waals surface area contributed by atoms with Gasteiger partial charge in [0.05, 0.1) is 11.6 Å². The van der Waals surface area contributed by atoms with Crippen molar-refractivity contribution in [3.05, 3.63) is 41.5 Å². The molecule has 0 aliphatic carbocycles. The van der Waals surface area contributed by atoms with E-state index in [9.17, 15) is 10.1 Å². The topological polar surface area (TPSA) is 52.9 Å². The fraction of sp³-hybridized carbons (Fsp3) is 0.474. The van der Waals surface area contributed by atoms with Crippen molar-refractivity contribution < 1.29 is 4.79 Å². The number of carbonyl (C=O) groups is 1. The number of hydrogen-bond donors (Lipinski definition) is 1. The van der Waals surface area contributed by atoms with Crippen molar-refractivity contribution in [2.24, 2.45) is 5.92 Å². The highest BCUT2D eigenvalue weighted by Crippen LogP contribution is 2.33. The number of unbranched alkanes of at least 4 members (excludes halogenated alkanes) is 2. The maximum absolute atomic E-state index is 12.3. The molecule has 2 atom stereocenters. The largest absolute Gasteiger partial charge is 0.346 e. The minimum Gasteiger partial charge on any atom is -0.346 e. The molecule has 1 N–H and O–H groups in total. The van der Waals surface area contributed by atoms with Gasteiger partial charge in [-0.1, -0.05) is 62.1 Å². The van der Waals surface area contributed by atoms with Gasteiger partial charge in [0.15, 0.2) is 5.92 Å². The van der Waals surface area contributed by atoms with E-state index in [1.165, 1.54) is 5.56 Å². The van der Waals surface area contributed by atoms with E-state index >= 15 is 0 Å². The van der Waals surface area contributed by atoms with Crippen LogP contribution in [0.5, 0.6) is 0 Å². The number of nitrogens with zero attached hydrogens (tertiary/aromatic N) is 1. The number of nitriles is 1. The Morgan fingerprint density at radius 2 is 1.95 bits per heavy atom. The number of rotatable bonds is 5. The minimum atomic E-state index is -0.720. The van der Waals surface area contributed by atoms with Crippen molar-refractivity contribution in [2.75, 3.05) is 0 Å². The maximum Gasteiger partial charge on any atom is 0.242 e. The van der Waals surface area contributed by atoms with Gasteiger partial charge in [0.25, 0.3) is 0 Å². The first-order chi connectivity index (χ1) is 10.5. The van der Waals surface area contributed by atoms with Crippen LogP contribution in [-0.4, -0.2) is 11.4 Å². The molecule has 2 unspecified atom stereocenters. The Morgan fingerprint density at radius 1 is 1.27 bits per heavy atom. The second kappa shape index (κ2) is 6.79. The fourth-order valence-electron chi connectivity index (χ4n) is 2.96. The number of carbonyl (C=O) groups excluding carboxylic acids is 1. The molecular formula is C19H24N2O. The smallest absolute Gasteiger partial charge is 0.242 e. The SMILES string of the molecule is CCCCCC1(C)C=C(c2ccc(C)cc2)C(C#N)C(=O)N1. The molecule has 0 radical (unpaired) electrons. The molecule has 0 aromatic heterocycles. The first-order valence-corrected chi connectivity index (χ1v) is 8.00. The van der Waals surface area contributed by atoms with E-state index in [0.717, 1.165) is 36.8 Å². The van der Waals surface area contributed by atoms with Crippen molar-refractivity contribution in [3.63, 3.8) is 0 Å². The van der Waals surface area contributed by atoms with Gasteiger partial charge in [0.1, 0.15) is 0 Å². The molecule has 1 aliphatic heterocycles. The summed E-state index contributed by atoms with van der Waals surface area (Å²) in [6.07, 6.45) is 6.37. The average molecular weight is 296 g/mol. The highest BCUT2D eigenvalue weighted by atomic mass is 16.2. The summed E-state index contributed by atoms with van der Waals surface area (Å²) >= 11 is 0. The number of benzene rings is 1. The summed E-state index contributed by atoms with van der Waals surface area (Å²) in [5, 5.41) is 12.4. The fourth-order valence-corrected chi connectivity index (χ4v) is 2.96. The van der Waals surface area contributed by atoms with Gasteiger partial charge in [-0.3, -0.25) is 4.79 Å². The number of nitrogens with one attached hydrogen (secondary N) is 1. The average Bonchev–Trinajstić information content (AvgIpc) is 2.47. The highest BCUT2D eigenvalue weighted by Gasteiger charge is 2.36. The Kier molecular flexibility index (Phi) is 5.03. The number of aryl methyl sites for hydroxylation is 1. The lowest BCUT2D eigenvalue weighted by Crippen LogP contribution is -2.50. The normalized spacial score (nSPS) is 24.4. The zero-order chi connectivity index (χ0) is 16.2. The van der Waals surface area contributed by atoms with E-state index in [0.29, 0.717) is 0 Å². The summed E-state index contributed by atoms with van der Waals surface area (Å²) < 4.78 is 0. The molecule has 1 heterocycles. The summed E-state index contributed by atoms with van der Waals surface area (Å²) in [4.78, 5) is 12.3. The molecule has 22 heavy (non-hydrogen) atoms. The second-order valence-electron chi connectivity index (χ2n) is 6.39. The lowest BCUT2D eigenvalue weighted by atomic mass is 9.80. The van der Waals surface area contributed by atoms with E-state index in [1.807, 2.05) is 38.1 Å². The molecule has 2 rings (SSSR count). The minimum absolute atomic E-state index is 0.181. The quantitative estimate of drug-likeness (QED) is 0.835. The lowest BCUT2D eigenvalue weighted by molar-refractivity contribution is -0.123. The molecular weight excluding hydrogens is 272 g/mol. The van der Waals surface area contributed by atoms with Gasteiger partial charge in [-0.2, -0.15) is 5.26 Å². The molecule has 0 bridgehead atoms. The van der Waals surface area contributed by atoms with Gasteiger partial charge >= 0.3 is 0 Å². The predicted molar refractivity (Wildman–Crippen MR) is 88.9 cm³/mol. The highest BCUT2D eigenvalue weighted by molar-refractivity contribution is 5.97. The van der Waals surface area contributed by atoms with Crippen molar-refractivity contribution in [3.8, 4) is 6.07 Å². The zero-order valence-electron chi connectivity index (χ0n) is 13.6. The van der Waals surface area contributed by atoms with Crippen LogP contribution < -0.4 is 5.32 Å². The van der Waals surface area contributed by atoms with Gasteiger partial charge in [0, 0.05) is 0 Å². The first-order valence-electron chi connectivity index (χ1n) is 8.00. The third-order valence-electron chi connectivity index (χ3n) is 4.27. The van der Waals surface area contributed by atoms with Gasteiger partial charge in [-0.15, -0.1) is 0 Å². The second-order valence-corrected chi connectivity index (χ2v) is 6.39. The first kappa shape index (κ1) is 16.3. The van der Waals surface area contributed by atoms with E-state index in [4.69, 9.17) is 0 Å². The molecule has 1 amide bonds. The Morgan fingerprint density at radius 3 is 2.55 bits per heavy atom. The van der Waals surface area contributed by atoms with Gasteiger partial charge in [0.2, 0.25) is 5.91 Å². The maximum atomic E-state index is 12.3. The van der Waals surface area contributed by atoms with E-state index in [1.54, 1.807) is 0 Å². The Hall–Kier alpha value is -2.08. The number of amides is 1. The summed E-state index contributed by atoms with van der Waals surface area (Å²) in [5.74, 6) is -0.901. The Balaban J connectivity index is 2.36. The standard InChI is InChI=1S/C19H24N2O/c1-4-5-6-11-19(3)12-16(17(13-20)18(22)21-19)15-9-7-14(2)8-10-15/h7-10,12,17H,4-6,11H2,1-3H3,(H,21,22). The molecule has 3 heteroatoms. The molecule has 0 saturated heterocycles. The molecule has 1 aliphatic rings. The van der Waals surface area contributed by atoms with Crippen LogP contribution in [0.3, 0.4) is 0 Å². The monoisotopic (exact) mass is 296 g/mol. The van der Waals surface area contributed by atoms with Gasteiger partial charge in [-0.25, -0.2) is 0 Å². The summed E-state index contributed by atoms with van der Waals surface area (Å²) in [7, 11) is 0. The molecule has 0 fully saturated rings. The van der Waals surface area contributed by atoms with Crippen molar-refractivity contribution in [1.82, 2.24) is 5.32 Å². The molecule has 0 spiro atoms. The van der Waals surface area contributed by atoms with Crippen LogP contribution >= 0.6 is 0 Å². The molecule has 1 aromatic rings. The Bertz CT molecular complexity index is 609. The van der Waals surface area contributed by atoms with Crippen molar-refractivity contribution in [2.45, 2.75) is 52.0 Å². The van der Waals surface area contributed by atoms with Crippen LogP contribution in [0.2, 0.25) is 0 Å². The van der Waals surface area contributed by atoms with Crippen LogP contribution in [0.15, 0.2) is 30.3 Å². The van der Waals surface area contributed by atoms with Gasteiger partial charge in [-0.05, 0) is 31.4 Å². The van der Waals surface area contributed by atoms with Gasteiger partial charge < -0.3 is 5.32 Å².